The van der Waals surface area contributed by atoms with E-state index in [4.69, 9.17) is 4.74 Å². The molecule has 0 unspecified atom stereocenters. The quantitative estimate of drug-likeness (QED) is 0.584. The molecule has 0 amide bonds. The molecule has 1 N–H and O–H groups in total. The van der Waals surface area contributed by atoms with Gasteiger partial charge in [0.05, 0.1) is 12.3 Å². The first-order valence-electron chi connectivity index (χ1n) is 6.15. The number of aryl methyl sites for hydroxylation is 2. The van der Waals surface area contributed by atoms with E-state index >= 15 is 0 Å². The van der Waals surface area contributed by atoms with Crippen LogP contribution in [0.15, 0.2) is 18.3 Å². The molecule has 0 radical (unpaired) electrons. The van der Waals surface area contributed by atoms with Crippen molar-refractivity contribution in [2.24, 2.45) is 7.05 Å². The zero-order valence-corrected chi connectivity index (χ0v) is 11.3. The fourth-order valence-electron chi connectivity index (χ4n) is 1.68. The normalized spacial score (nSPS) is 10.4. The summed E-state index contributed by atoms with van der Waals surface area (Å²) in [6, 6.07) is 0. The Morgan fingerprint density at radius 1 is 1.56 bits per heavy atom. The van der Waals surface area contributed by atoms with Gasteiger partial charge >= 0.3 is 5.97 Å². The lowest BCUT2D eigenvalue weighted by Crippen LogP contribution is -2.21. The molecule has 0 spiro atoms. The molecular weight excluding hydrogens is 230 g/mol. The lowest BCUT2D eigenvalue weighted by Gasteiger charge is -2.06. The van der Waals surface area contributed by atoms with Gasteiger partial charge in [0.2, 0.25) is 0 Å². The number of esters is 1. The predicted octanol–water partition coefficient (Wildman–Crippen LogP) is 1.19. The highest BCUT2D eigenvalue weighted by Crippen LogP contribution is 2.06. The van der Waals surface area contributed by atoms with Crippen molar-refractivity contribution >= 4 is 5.97 Å². The second kappa shape index (κ2) is 6.96. The highest BCUT2D eigenvalue weighted by Gasteiger charge is 2.09. The van der Waals surface area contributed by atoms with Crippen molar-refractivity contribution in [1.82, 2.24) is 15.1 Å². The van der Waals surface area contributed by atoms with Crippen LogP contribution in [0, 0.1) is 0 Å². The lowest BCUT2D eigenvalue weighted by molar-refractivity contribution is -0.138. The first kappa shape index (κ1) is 14.4. The van der Waals surface area contributed by atoms with E-state index in [-0.39, 0.29) is 5.97 Å². The third-order valence-corrected chi connectivity index (χ3v) is 2.54. The fraction of sp³-hybridized carbons (Fsp3) is 0.538. The van der Waals surface area contributed by atoms with Gasteiger partial charge < -0.3 is 10.1 Å². The standard InChI is InChI=1S/C13H21N3O2/c1-5-12-11(9-16(4)15-12)8-14-7-10(3)13(17)18-6-2/h9,14H,3,5-8H2,1-2,4H3. The Kier molecular flexibility index (Phi) is 5.58. The van der Waals surface area contributed by atoms with E-state index in [1.807, 2.05) is 13.2 Å². The van der Waals surface area contributed by atoms with E-state index in [1.165, 1.54) is 0 Å². The Morgan fingerprint density at radius 3 is 2.89 bits per heavy atom. The number of hydrogen-bond donors (Lipinski definition) is 1. The number of nitrogens with one attached hydrogen (secondary N) is 1. The smallest absolute Gasteiger partial charge is 0.334 e. The van der Waals surface area contributed by atoms with Crippen LogP contribution in [-0.2, 0) is 29.5 Å². The highest BCUT2D eigenvalue weighted by molar-refractivity contribution is 5.88. The first-order chi connectivity index (χ1) is 8.58. The molecule has 0 aliphatic carbocycles. The molecule has 5 heteroatoms. The number of carbonyl (C=O) groups excluding carboxylic acids is 1. The highest BCUT2D eigenvalue weighted by atomic mass is 16.5. The number of nitrogens with zero attached hydrogens (tertiary/aromatic N) is 2. The molecule has 0 saturated carbocycles. The van der Waals surface area contributed by atoms with Crippen LogP contribution in [0.1, 0.15) is 25.1 Å². The van der Waals surface area contributed by atoms with Crippen LogP contribution in [-0.4, -0.2) is 28.9 Å². The first-order valence-corrected chi connectivity index (χ1v) is 6.15. The maximum Gasteiger partial charge on any atom is 0.334 e. The van der Waals surface area contributed by atoms with Gasteiger partial charge in [-0.2, -0.15) is 5.10 Å². The molecule has 18 heavy (non-hydrogen) atoms. The van der Waals surface area contributed by atoms with E-state index in [1.54, 1.807) is 11.6 Å². The average molecular weight is 251 g/mol. The molecule has 0 fully saturated rings. The van der Waals surface area contributed by atoms with Gasteiger partial charge in [-0.3, -0.25) is 4.68 Å². The van der Waals surface area contributed by atoms with Crippen molar-refractivity contribution in [3.63, 3.8) is 0 Å². The number of hydrogen-bond acceptors (Lipinski definition) is 4. The summed E-state index contributed by atoms with van der Waals surface area (Å²) in [5.74, 6) is -0.341. The second-order valence-corrected chi connectivity index (χ2v) is 4.06. The van der Waals surface area contributed by atoms with Gasteiger partial charge in [0.25, 0.3) is 0 Å². The molecule has 0 bridgehead atoms. The number of ether oxygens (including phenoxy) is 1. The van der Waals surface area contributed by atoms with Crippen molar-refractivity contribution in [2.75, 3.05) is 13.2 Å². The maximum absolute atomic E-state index is 11.3. The lowest BCUT2D eigenvalue weighted by atomic mass is 10.2. The number of carbonyl (C=O) groups is 1. The van der Waals surface area contributed by atoms with Gasteiger partial charge in [0.1, 0.15) is 0 Å². The zero-order chi connectivity index (χ0) is 13.5. The molecule has 0 aliphatic heterocycles. The zero-order valence-electron chi connectivity index (χ0n) is 11.3. The molecule has 5 nitrogen and oxygen atoms in total. The van der Waals surface area contributed by atoms with Gasteiger partial charge in [0, 0.05) is 37.5 Å². The third-order valence-electron chi connectivity index (χ3n) is 2.54. The summed E-state index contributed by atoms with van der Waals surface area (Å²) < 4.78 is 6.66. The molecule has 0 saturated heterocycles. The fourth-order valence-corrected chi connectivity index (χ4v) is 1.68. The molecular formula is C13H21N3O2. The van der Waals surface area contributed by atoms with Gasteiger partial charge in [-0.05, 0) is 13.3 Å². The maximum atomic E-state index is 11.3. The molecule has 1 aromatic rings. The van der Waals surface area contributed by atoms with Gasteiger partial charge in [-0.25, -0.2) is 4.79 Å². The van der Waals surface area contributed by atoms with Crippen LogP contribution < -0.4 is 5.32 Å². The Balaban J connectivity index is 2.41. The van der Waals surface area contributed by atoms with E-state index < -0.39 is 0 Å². The summed E-state index contributed by atoms with van der Waals surface area (Å²) in [6.45, 7) is 9.03. The molecule has 1 heterocycles. The van der Waals surface area contributed by atoms with E-state index in [9.17, 15) is 4.79 Å². The third kappa shape index (κ3) is 4.00. The van der Waals surface area contributed by atoms with Crippen molar-refractivity contribution < 1.29 is 9.53 Å². The molecule has 0 aliphatic rings. The number of aromatic nitrogens is 2. The van der Waals surface area contributed by atoms with Gasteiger partial charge in [-0.1, -0.05) is 13.5 Å². The van der Waals surface area contributed by atoms with Crippen molar-refractivity contribution in [3.8, 4) is 0 Å². The second-order valence-electron chi connectivity index (χ2n) is 4.06. The molecule has 100 valence electrons. The van der Waals surface area contributed by atoms with Crippen LogP contribution in [0.2, 0.25) is 0 Å². The van der Waals surface area contributed by atoms with Crippen LogP contribution in [0.3, 0.4) is 0 Å². The van der Waals surface area contributed by atoms with E-state index in [2.05, 4.69) is 23.9 Å². The minimum atomic E-state index is -0.341. The monoisotopic (exact) mass is 251 g/mol. The van der Waals surface area contributed by atoms with Crippen LogP contribution in [0.25, 0.3) is 0 Å². The predicted molar refractivity (Wildman–Crippen MR) is 70.1 cm³/mol. The van der Waals surface area contributed by atoms with E-state index in [0.29, 0.717) is 25.3 Å². The molecule has 1 rings (SSSR count). The topological polar surface area (TPSA) is 56.2 Å². The van der Waals surface area contributed by atoms with Crippen LogP contribution >= 0.6 is 0 Å². The van der Waals surface area contributed by atoms with Crippen molar-refractivity contribution in [1.29, 1.82) is 0 Å². The van der Waals surface area contributed by atoms with Crippen LogP contribution in [0.5, 0.6) is 0 Å². The number of rotatable bonds is 7. The Bertz CT molecular complexity index is 424. The minimum Gasteiger partial charge on any atom is -0.463 e. The largest absolute Gasteiger partial charge is 0.463 e. The van der Waals surface area contributed by atoms with Crippen LogP contribution in [0.4, 0.5) is 0 Å². The average Bonchev–Trinajstić information content (AvgIpc) is 2.70. The molecule has 1 aromatic heterocycles. The summed E-state index contributed by atoms with van der Waals surface area (Å²) in [6.07, 6.45) is 2.88. The SMILES string of the molecule is C=C(CNCc1cn(C)nc1CC)C(=O)OCC. The summed E-state index contributed by atoms with van der Waals surface area (Å²) in [5, 5.41) is 7.53. The Labute approximate surface area is 108 Å². The summed E-state index contributed by atoms with van der Waals surface area (Å²) in [5.41, 5.74) is 2.67. The van der Waals surface area contributed by atoms with Gasteiger partial charge in [-0.15, -0.1) is 0 Å². The summed E-state index contributed by atoms with van der Waals surface area (Å²) >= 11 is 0. The Morgan fingerprint density at radius 2 is 2.28 bits per heavy atom. The van der Waals surface area contributed by atoms with E-state index in [0.717, 1.165) is 17.7 Å². The minimum absolute atomic E-state index is 0.341. The van der Waals surface area contributed by atoms with Crippen molar-refractivity contribution in [2.45, 2.75) is 26.8 Å². The van der Waals surface area contributed by atoms with Gasteiger partial charge in [0.15, 0.2) is 0 Å². The molecule has 0 atom stereocenters. The van der Waals surface area contributed by atoms with Crippen molar-refractivity contribution in [3.05, 3.63) is 29.6 Å². The Hall–Kier alpha value is -1.62. The molecule has 0 aromatic carbocycles. The summed E-state index contributed by atoms with van der Waals surface area (Å²) in [7, 11) is 1.90. The summed E-state index contributed by atoms with van der Waals surface area (Å²) in [4.78, 5) is 11.3.